The molecule has 0 radical (unpaired) electrons. The molecule has 0 bridgehead atoms. The minimum atomic E-state index is 0.0576. The van der Waals surface area contributed by atoms with E-state index < -0.39 is 0 Å². The van der Waals surface area contributed by atoms with Crippen LogP contribution in [0.3, 0.4) is 0 Å². The van der Waals surface area contributed by atoms with E-state index in [0.717, 1.165) is 6.42 Å². The molecule has 16 heavy (non-hydrogen) atoms. The summed E-state index contributed by atoms with van der Waals surface area (Å²) in [5.74, 6) is 0.0576. The first kappa shape index (κ1) is 12.8. The Morgan fingerprint density at radius 1 is 1.50 bits per heavy atom. The molecule has 2 N–H and O–H groups in total. The van der Waals surface area contributed by atoms with E-state index in [1.165, 1.54) is 5.56 Å². The summed E-state index contributed by atoms with van der Waals surface area (Å²) in [5.41, 5.74) is 1.23. The summed E-state index contributed by atoms with van der Waals surface area (Å²) in [6.07, 6.45) is 5.02. The number of nitrogens with one attached hydrogen (secondary N) is 2. The van der Waals surface area contributed by atoms with Gasteiger partial charge in [-0.3, -0.25) is 4.79 Å². The highest BCUT2D eigenvalue weighted by molar-refractivity contribution is 5.75. The van der Waals surface area contributed by atoms with Crippen LogP contribution in [0.15, 0.2) is 18.5 Å². The molecule has 1 aromatic heterocycles. The zero-order valence-corrected chi connectivity index (χ0v) is 10.3. The SMILES string of the molecule is CCNC(=O)Cn1ccc(C(CC)NC)c1. The molecule has 90 valence electrons. The van der Waals surface area contributed by atoms with Crippen LogP contribution in [-0.2, 0) is 11.3 Å². The summed E-state index contributed by atoms with van der Waals surface area (Å²) in [5, 5.41) is 6.03. The molecule has 1 amide bonds. The average molecular weight is 223 g/mol. The van der Waals surface area contributed by atoms with E-state index in [2.05, 4.69) is 23.6 Å². The lowest BCUT2D eigenvalue weighted by atomic mass is 10.1. The molecular weight excluding hydrogens is 202 g/mol. The van der Waals surface area contributed by atoms with Gasteiger partial charge in [-0.1, -0.05) is 6.92 Å². The van der Waals surface area contributed by atoms with E-state index in [1.54, 1.807) is 0 Å². The van der Waals surface area contributed by atoms with Crippen LogP contribution < -0.4 is 10.6 Å². The smallest absolute Gasteiger partial charge is 0.239 e. The molecule has 0 aliphatic heterocycles. The Hall–Kier alpha value is -1.29. The van der Waals surface area contributed by atoms with Gasteiger partial charge in [0.1, 0.15) is 6.54 Å². The number of rotatable bonds is 6. The maximum Gasteiger partial charge on any atom is 0.239 e. The number of amides is 1. The average Bonchev–Trinajstić information content (AvgIpc) is 2.68. The van der Waals surface area contributed by atoms with Gasteiger partial charge >= 0.3 is 0 Å². The predicted molar refractivity (Wildman–Crippen MR) is 65.2 cm³/mol. The third kappa shape index (κ3) is 3.38. The minimum absolute atomic E-state index is 0.0576. The Kier molecular flexibility index (Phi) is 5.05. The van der Waals surface area contributed by atoms with Crippen molar-refractivity contribution in [3.05, 3.63) is 24.0 Å². The Labute approximate surface area is 97.0 Å². The standard InChI is InChI=1S/C12H21N3O/c1-4-11(13-3)10-6-7-15(8-10)9-12(16)14-5-2/h6-8,11,13H,4-5,9H2,1-3H3,(H,14,16). The maximum atomic E-state index is 11.4. The molecule has 0 aliphatic carbocycles. The van der Waals surface area contributed by atoms with Gasteiger partial charge in [-0.25, -0.2) is 0 Å². The highest BCUT2D eigenvalue weighted by Crippen LogP contribution is 2.15. The molecule has 4 heteroatoms. The largest absolute Gasteiger partial charge is 0.355 e. The highest BCUT2D eigenvalue weighted by atomic mass is 16.1. The molecule has 0 saturated carbocycles. The van der Waals surface area contributed by atoms with E-state index in [4.69, 9.17) is 0 Å². The third-order valence-corrected chi connectivity index (χ3v) is 2.63. The Morgan fingerprint density at radius 3 is 2.81 bits per heavy atom. The lowest BCUT2D eigenvalue weighted by Crippen LogP contribution is -2.26. The predicted octanol–water partition coefficient (Wildman–Crippen LogP) is 1.29. The lowest BCUT2D eigenvalue weighted by Gasteiger charge is -2.11. The molecule has 1 rings (SSSR count). The van der Waals surface area contributed by atoms with Crippen molar-refractivity contribution in [1.29, 1.82) is 0 Å². The molecule has 1 heterocycles. The summed E-state index contributed by atoms with van der Waals surface area (Å²) < 4.78 is 1.92. The summed E-state index contributed by atoms with van der Waals surface area (Å²) in [7, 11) is 1.95. The zero-order valence-electron chi connectivity index (χ0n) is 10.3. The van der Waals surface area contributed by atoms with E-state index in [0.29, 0.717) is 19.1 Å². The fourth-order valence-electron chi connectivity index (χ4n) is 1.79. The number of likely N-dealkylation sites (N-methyl/N-ethyl adjacent to an activating group) is 1. The second kappa shape index (κ2) is 6.33. The van der Waals surface area contributed by atoms with Crippen LogP contribution in [0.2, 0.25) is 0 Å². The van der Waals surface area contributed by atoms with Crippen LogP contribution in [0.1, 0.15) is 31.9 Å². The van der Waals surface area contributed by atoms with Crippen LogP contribution in [0.25, 0.3) is 0 Å². The van der Waals surface area contributed by atoms with Gasteiger partial charge in [0.05, 0.1) is 0 Å². The highest BCUT2D eigenvalue weighted by Gasteiger charge is 2.08. The lowest BCUT2D eigenvalue weighted by molar-refractivity contribution is -0.121. The number of hydrogen-bond acceptors (Lipinski definition) is 2. The minimum Gasteiger partial charge on any atom is -0.355 e. The van der Waals surface area contributed by atoms with Crippen molar-refractivity contribution in [1.82, 2.24) is 15.2 Å². The van der Waals surface area contributed by atoms with Gasteiger partial charge < -0.3 is 15.2 Å². The topological polar surface area (TPSA) is 46.1 Å². The molecule has 1 atom stereocenters. The number of aromatic nitrogens is 1. The van der Waals surface area contributed by atoms with Crippen molar-refractivity contribution >= 4 is 5.91 Å². The second-order valence-electron chi connectivity index (χ2n) is 3.82. The Bertz CT molecular complexity index is 329. The fraction of sp³-hybridized carbons (Fsp3) is 0.583. The zero-order chi connectivity index (χ0) is 12.0. The molecule has 0 aliphatic rings. The fourth-order valence-corrected chi connectivity index (χ4v) is 1.79. The summed E-state index contributed by atoms with van der Waals surface area (Å²) >= 11 is 0. The van der Waals surface area contributed by atoms with Gasteiger partial charge in [0.25, 0.3) is 0 Å². The third-order valence-electron chi connectivity index (χ3n) is 2.63. The summed E-state index contributed by atoms with van der Waals surface area (Å²) in [6, 6.07) is 2.43. The molecule has 0 fully saturated rings. The molecule has 0 aromatic carbocycles. The molecule has 4 nitrogen and oxygen atoms in total. The van der Waals surface area contributed by atoms with Crippen LogP contribution in [0.5, 0.6) is 0 Å². The van der Waals surface area contributed by atoms with Crippen molar-refractivity contribution in [3.63, 3.8) is 0 Å². The summed E-state index contributed by atoms with van der Waals surface area (Å²) in [6.45, 7) is 5.14. The van der Waals surface area contributed by atoms with Crippen molar-refractivity contribution in [2.24, 2.45) is 0 Å². The summed E-state index contributed by atoms with van der Waals surface area (Å²) in [4.78, 5) is 11.4. The van der Waals surface area contributed by atoms with Crippen molar-refractivity contribution < 1.29 is 4.79 Å². The number of hydrogen-bond donors (Lipinski definition) is 2. The van der Waals surface area contributed by atoms with Gasteiger partial charge in [-0.15, -0.1) is 0 Å². The van der Waals surface area contributed by atoms with Gasteiger partial charge in [0.15, 0.2) is 0 Å². The van der Waals surface area contributed by atoms with E-state index >= 15 is 0 Å². The van der Waals surface area contributed by atoms with E-state index in [9.17, 15) is 4.79 Å². The number of carbonyl (C=O) groups is 1. The first-order valence-corrected chi connectivity index (χ1v) is 5.80. The van der Waals surface area contributed by atoms with Gasteiger partial charge in [0, 0.05) is 25.0 Å². The number of carbonyl (C=O) groups excluding carboxylic acids is 1. The van der Waals surface area contributed by atoms with Crippen LogP contribution in [0.4, 0.5) is 0 Å². The second-order valence-corrected chi connectivity index (χ2v) is 3.82. The first-order valence-electron chi connectivity index (χ1n) is 5.80. The Balaban J connectivity index is 2.60. The number of nitrogens with zero attached hydrogens (tertiary/aromatic N) is 1. The van der Waals surface area contributed by atoms with Gasteiger partial charge in [0.2, 0.25) is 5.91 Å². The quantitative estimate of drug-likeness (QED) is 0.763. The van der Waals surface area contributed by atoms with Gasteiger partial charge in [-0.05, 0) is 32.0 Å². The molecular formula is C12H21N3O. The molecule has 0 saturated heterocycles. The van der Waals surface area contributed by atoms with Crippen LogP contribution in [-0.4, -0.2) is 24.1 Å². The monoisotopic (exact) mass is 223 g/mol. The van der Waals surface area contributed by atoms with Gasteiger partial charge in [-0.2, -0.15) is 0 Å². The normalized spacial score (nSPS) is 12.4. The van der Waals surface area contributed by atoms with E-state index in [-0.39, 0.29) is 5.91 Å². The van der Waals surface area contributed by atoms with Crippen LogP contribution in [0, 0.1) is 0 Å². The molecule has 1 unspecified atom stereocenters. The van der Waals surface area contributed by atoms with Crippen LogP contribution >= 0.6 is 0 Å². The van der Waals surface area contributed by atoms with Crippen molar-refractivity contribution in [2.45, 2.75) is 32.9 Å². The van der Waals surface area contributed by atoms with Crippen molar-refractivity contribution in [3.8, 4) is 0 Å². The Morgan fingerprint density at radius 2 is 2.25 bits per heavy atom. The molecule has 0 spiro atoms. The maximum absolute atomic E-state index is 11.4. The van der Waals surface area contributed by atoms with Crippen molar-refractivity contribution in [2.75, 3.05) is 13.6 Å². The first-order chi connectivity index (χ1) is 7.71. The van der Waals surface area contributed by atoms with E-state index in [1.807, 2.05) is 30.9 Å². The molecule has 1 aromatic rings.